The van der Waals surface area contributed by atoms with Crippen molar-refractivity contribution in [2.75, 3.05) is 13.2 Å². The van der Waals surface area contributed by atoms with Gasteiger partial charge in [0.2, 0.25) is 0 Å². The van der Waals surface area contributed by atoms with E-state index in [2.05, 4.69) is 0 Å². The minimum atomic E-state index is -4.60. The highest BCUT2D eigenvalue weighted by Crippen LogP contribution is 2.37. The molecule has 0 saturated heterocycles. The molecule has 0 N–H and O–H groups in total. The lowest BCUT2D eigenvalue weighted by atomic mass is 10.1. The van der Waals surface area contributed by atoms with E-state index in [1.807, 2.05) is 0 Å². The molecule has 31 heavy (non-hydrogen) atoms. The molecule has 0 aliphatic rings. The average molecular weight is 462 g/mol. The normalized spacial score (nSPS) is 11.0. The lowest BCUT2D eigenvalue weighted by Gasteiger charge is -2.12. The van der Waals surface area contributed by atoms with Gasteiger partial charge in [-0.25, -0.2) is 4.79 Å². The van der Waals surface area contributed by atoms with Crippen molar-refractivity contribution in [1.82, 2.24) is 0 Å². The summed E-state index contributed by atoms with van der Waals surface area (Å²) < 4.78 is 53.2. The summed E-state index contributed by atoms with van der Waals surface area (Å²) in [5.74, 6) is -1.85. The Balaban J connectivity index is 2.20. The quantitative estimate of drug-likeness (QED) is 0.231. The summed E-state index contributed by atoms with van der Waals surface area (Å²) in [7, 11) is 0. The van der Waals surface area contributed by atoms with Gasteiger partial charge in [-0.15, -0.1) is 0 Å². The Kier molecular flexibility index (Phi) is 7.81. The SMILES string of the molecule is CCC(=O)OCCOC(=O)c1cc(Oc2ccc(C(F)(F)F)cc2Cl)ccc1[N+](=O)[O-]. The van der Waals surface area contributed by atoms with Crippen molar-refractivity contribution >= 4 is 29.2 Å². The topological polar surface area (TPSA) is 105 Å². The molecule has 0 amide bonds. The van der Waals surface area contributed by atoms with E-state index >= 15 is 0 Å². The number of rotatable bonds is 8. The molecule has 2 rings (SSSR count). The van der Waals surface area contributed by atoms with E-state index < -0.39 is 39.9 Å². The van der Waals surface area contributed by atoms with Gasteiger partial charge in [-0.2, -0.15) is 13.2 Å². The Morgan fingerprint density at radius 2 is 1.77 bits per heavy atom. The van der Waals surface area contributed by atoms with Crippen LogP contribution in [0.2, 0.25) is 5.02 Å². The van der Waals surface area contributed by atoms with Crippen LogP contribution < -0.4 is 4.74 Å². The molecule has 0 atom stereocenters. The van der Waals surface area contributed by atoms with E-state index in [0.29, 0.717) is 6.07 Å². The molecular formula is C19H15ClF3NO7. The van der Waals surface area contributed by atoms with E-state index in [1.165, 1.54) is 0 Å². The van der Waals surface area contributed by atoms with Crippen LogP contribution in [-0.2, 0) is 20.4 Å². The zero-order valence-corrected chi connectivity index (χ0v) is 16.7. The number of carbonyl (C=O) groups excluding carboxylic acids is 2. The van der Waals surface area contributed by atoms with Crippen LogP contribution in [-0.4, -0.2) is 30.1 Å². The molecule has 0 saturated carbocycles. The Bertz CT molecular complexity index is 995. The molecule has 12 heteroatoms. The highest BCUT2D eigenvalue weighted by molar-refractivity contribution is 6.32. The number of benzene rings is 2. The molecule has 0 unspecified atom stereocenters. The third kappa shape index (κ3) is 6.57. The number of nitrogens with zero attached hydrogens (tertiary/aromatic N) is 1. The van der Waals surface area contributed by atoms with Crippen LogP contribution in [0.3, 0.4) is 0 Å². The monoisotopic (exact) mass is 461 g/mol. The molecule has 0 aliphatic carbocycles. The number of hydrogen-bond acceptors (Lipinski definition) is 7. The van der Waals surface area contributed by atoms with Gasteiger partial charge < -0.3 is 14.2 Å². The predicted octanol–water partition coefficient (Wildman–Crippen LogP) is 5.17. The summed E-state index contributed by atoms with van der Waals surface area (Å²) in [6, 6.07) is 5.50. The van der Waals surface area contributed by atoms with Crippen molar-refractivity contribution < 1.29 is 41.9 Å². The van der Waals surface area contributed by atoms with Crippen LogP contribution in [0.25, 0.3) is 0 Å². The Morgan fingerprint density at radius 1 is 1.10 bits per heavy atom. The number of nitro groups is 1. The molecule has 8 nitrogen and oxygen atoms in total. The van der Waals surface area contributed by atoms with Crippen LogP contribution >= 0.6 is 11.6 Å². The zero-order valence-electron chi connectivity index (χ0n) is 15.9. The summed E-state index contributed by atoms with van der Waals surface area (Å²) in [4.78, 5) is 33.7. The van der Waals surface area contributed by atoms with Crippen LogP contribution in [0.4, 0.5) is 18.9 Å². The number of nitro benzene ring substituents is 1. The first-order valence-corrected chi connectivity index (χ1v) is 9.06. The van der Waals surface area contributed by atoms with Crippen LogP contribution in [0, 0.1) is 10.1 Å². The summed E-state index contributed by atoms with van der Waals surface area (Å²) in [5, 5.41) is 10.8. The fourth-order valence-corrected chi connectivity index (χ4v) is 2.48. The smallest absolute Gasteiger partial charge is 0.416 e. The predicted molar refractivity (Wildman–Crippen MR) is 101 cm³/mol. The Labute approximate surface area is 178 Å². The van der Waals surface area contributed by atoms with Gasteiger partial charge in [-0.05, 0) is 24.3 Å². The van der Waals surface area contributed by atoms with Crippen molar-refractivity contribution in [1.29, 1.82) is 0 Å². The van der Waals surface area contributed by atoms with Crippen molar-refractivity contribution in [3.8, 4) is 11.5 Å². The van der Waals surface area contributed by atoms with Gasteiger partial charge in [0.25, 0.3) is 5.69 Å². The summed E-state index contributed by atoms with van der Waals surface area (Å²) >= 11 is 5.83. The molecule has 0 aliphatic heterocycles. The Hall–Kier alpha value is -3.34. The third-order valence-corrected chi connectivity index (χ3v) is 4.04. The minimum absolute atomic E-state index is 0.100. The molecule has 0 fully saturated rings. The highest BCUT2D eigenvalue weighted by atomic mass is 35.5. The van der Waals surface area contributed by atoms with Gasteiger partial charge in [-0.1, -0.05) is 18.5 Å². The van der Waals surface area contributed by atoms with Crippen LogP contribution in [0.1, 0.15) is 29.3 Å². The van der Waals surface area contributed by atoms with Gasteiger partial charge in [-0.3, -0.25) is 14.9 Å². The first-order chi connectivity index (χ1) is 14.5. The average Bonchev–Trinajstić information content (AvgIpc) is 2.71. The minimum Gasteiger partial charge on any atom is -0.462 e. The van der Waals surface area contributed by atoms with Gasteiger partial charge in [0.05, 0.1) is 15.5 Å². The molecule has 0 radical (unpaired) electrons. The first-order valence-electron chi connectivity index (χ1n) is 8.68. The molecular weight excluding hydrogens is 447 g/mol. The van der Waals surface area contributed by atoms with Crippen LogP contribution in [0.15, 0.2) is 36.4 Å². The molecule has 0 spiro atoms. The Morgan fingerprint density at radius 3 is 2.35 bits per heavy atom. The molecule has 0 bridgehead atoms. The molecule has 166 valence electrons. The van der Waals surface area contributed by atoms with E-state index in [-0.39, 0.29) is 36.2 Å². The van der Waals surface area contributed by atoms with Crippen molar-refractivity contribution in [2.45, 2.75) is 19.5 Å². The maximum absolute atomic E-state index is 12.7. The molecule has 2 aromatic rings. The fraction of sp³-hybridized carbons (Fsp3) is 0.263. The summed E-state index contributed by atoms with van der Waals surface area (Å²) in [5.41, 5.74) is -2.03. The van der Waals surface area contributed by atoms with Crippen LogP contribution in [0.5, 0.6) is 11.5 Å². The second-order valence-corrected chi connectivity index (χ2v) is 6.30. The maximum Gasteiger partial charge on any atom is 0.416 e. The van der Waals surface area contributed by atoms with E-state index in [9.17, 15) is 32.9 Å². The largest absolute Gasteiger partial charge is 0.462 e. The number of carbonyl (C=O) groups is 2. The third-order valence-electron chi connectivity index (χ3n) is 3.74. The number of ether oxygens (including phenoxy) is 3. The highest BCUT2D eigenvalue weighted by Gasteiger charge is 2.31. The van der Waals surface area contributed by atoms with Gasteiger partial charge >= 0.3 is 18.1 Å². The second-order valence-electron chi connectivity index (χ2n) is 5.89. The number of hydrogen-bond donors (Lipinski definition) is 0. The summed E-state index contributed by atoms with van der Waals surface area (Å²) in [6.45, 7) is 1.01. The second kappa shape index (κ2) is 10.1. The standard InChI is InChI=1S/C19H15ClF3NO7/c1-2-17(25)29-7-8-30-18(26)13-10-12(4-5-15(13)24(27)28)31-16-6-3-11(9-14(16)20)19(21,22)23/h3-6,9-10H,2,7-8H2,1H3. The lowest BCUT2D eigenvalue weighted by molar-refractivity contribution is -0.385. The first kappa shape index (κ1) is 23.9. The van der Waals surface area contributed by atoms with Crippen molar-refractivity contribution in [2.24, 2.45) is 0 Å². The summed E-state index contributed by atoms with van der Waals surface area (Å²) in [6.07, 6.45) is -4.47. The number of esters is 2. The lowest BCUT2D eigenvalue weighted by Crippen LogP contribution is -2.14. The van der Waals surface area contributed by atoms with E-state index in [0.717, 1.165) is 30.3 Å². The number of halogens is 4. The number of alkyl halides is 3. The molecule has 2 aromatic carbocycles. The van der Waals surface area contributed by atoms with Gasteiger partial charge in [0.1, 0.15) is 30.3 Å². The molecule has 0 aromatic heterocycles. The van der Waals surface area contributed by atoms with Crippen molar-refractivity contribution in [3.05, 3.63) is 62.7 Å². The van der Waals surface area contributed by atoms with Gasteiger partial charge in [0.15, 0.2) is 0 Å². The maximum atomic E-state index is 12.7. The fourth-order valence-electron chi connectivity index (χ4n) is 2.26. The van der Waals surface area contributed by atoms with E-state index in [4.69, 9.17) is 25.8 Å². The molecule has 0 heterocycles. The van der Waals surface area contributed by atoms with E-state index in [1.54, 1.807) is 6.92 Å². The van der Waals surface area contributed by atoms with Gasteiger partial charge in [0, 0.05) is 18.6 Å². The zero-order chi connectivity index (χ0) is 23.2. The van der Waals surface area contributed by atoms with Crippen molar-refractivity contribution in [3.63, 3.8) is 0 Å².